The number of ketones is 1. The second kappa shape index (κ2) is 6.64. The molecule has 0 aromatic heterocycles. The normalized spacial score (nSPS) is 17.1. The van der Waals surface area contributed by atoms with E-state index in [1.807, 2.05) is 12.1 Å². The molecule has 1 saturated carbocycles. The van der Waals surface area contributed by atoms with Crippen molar-refractivity contribution in [3.8, 4) is 0 Å². The van der Waals surface area contributed by atoms with Crippen LogP contribution in [0.5, 0.6) is 0 Å². The van der Waals surface area contributed by atoms with Gasteiger partial charge < -0.3 is 5.32 Å². The van der Waals surface area contributed by atoms with Gasteiger partial charge in [-0.25, -0.2) is 4.39 Å². The van der Waals surface area contributed by atoms with Gasteiger partial charge in [-0.3, -0.25) is 4.79 Å². The highest BCUT2D eigenvalue weighted by Gasteiger charge is 2.17. The van der Waals surface area contributed by atoms with Gasteiger partial charge in [0.1, 0.15) is 11.6 Å². The lowest BCUT2D eigenvalue weighted by Crippen LogP contribution is -2.28. The van der Waals surface area contributed by atoms with Crippen LogP contribution in [0, 0.1) is 11.7 Å². The molecule has 0 aliphatic heterocycles. The Morgan fingerprint density at radius 3 is 2.67 bits per heavy atom. The highest BCUT2D eigenvalue weighted by atomic mass is 19.1. The minimum Gasteiger partial charge on any atom is -0.316 e. The van der Waals surface area contributed by atoms with Crippen LogP contribution in [0.25, 0.3) is 0 Å². The molecular weight excluding hydrogens is 229 g/mol. The van der Waals surface area contributed by atoms with Crippen molar-refractivity contribution in [3.05, 3.63) is 35.6 Å². The zero-order valence-electron chi connectivity index (χ0n) is 10.6. The first-order valence-electron chi connectivity index (χ1n) is 6.71. The molecule has 1 aromatic carbocycles. The van der Waals surface area contributed by atoms with Crippen molar-refractivity contribution < 1.29 is 9.18 Å². The molecule has 1 aromatic rings. The summed E-state index contributed by atoms with van der Waals surface area (Å²) in [5.41, 5.74) is 0.767. The average molecular weight is 249 g/mol. The number of halogens is 1. The number of nitrogens with one attached hydrogen (secondary N) is 1. The molecular formula is C15H20FNO. The SMILES string of the molecule is O=C1CCC(CNCCc2ccccc2F)CC1. The van der Waals surface area contributed by atoms with E-state index in [9.17, 15) is 9.18 Å². The summed E-state index contributed by atoms with van der Waals surface area (Å²) < 4.78 is 13.3. The quantitative estimate of drug-likeness (QED) is 0.813. The molecule has 1 aliphatic carbocycles. The molecule has 0 spiro atoms. The van der Waals surface area contributed by atoms with E-state index in [1.54, 1.807) is 6.07 Å². The van der Waals surface area contributed by atoms with Crippen molar-refractivity contribution >= 4 is 5.78 Å². The summed E-state index contributed by atoms with van der Waals surface area (Å²) in [6.07, 6.45) is 4.20. The topological polar surface area (TPSA) is 29.1 Å². The Balaban J connectivity index is 1.64. The van der Waals surface area contributed by atoms with E-state index in [0.717, 1.165) is 50.8 Å². The van der Waals surface area contributed by atoms with Crippen LogP contribution in [-0.4, -0.2) is 18.9 Å². The molecule has 0 bridgehead atoms. The van der Waals surface area contributed by atoms with Crippen LogP contribution in [0.4, 0.5) is 4.39 Å². The fourth-order valence-corrected chi connectivity index (χ4v) is 2.43. The van der Waals surface area contributed by atoms with E-state index in [2.05, 4.69) is 5.32 Å². The standard InChI is InChI=1S/C15H20FNO/c16-15-4-2-1-3-13(15)9-10-17-11-12-5-7-14(18)8-6-12/h1-4,12,17H,5-11H2. The Morgan fingerprint density at radius 1 is 1.22 bits per heavy atom. The summed E-state index contributed by atoms with van der Waals surface area (Å²) in [6.45, 7) is 1.74. The third kappa shape index (κ3) is 3.91. The molecule has 1 fully saturated rings. The van der Waals surface area contributed by atoms with Gasteiger partial charge in [0.15, 0.2) is 0 Å². The molecule has 1 N–H and O–H groups in total. The molecule has 0 unspecified atom stereocenters. The zero-order valence-corrected chi connectivity index (χ0v) is 10.6. The van der Waals surface area contributed by atoms with Gasteiger partial charge in [0.05, 0.1) is 0 Å². The maximum absolute atomic E-state index is 13.3. The van der Waals surface area contributed by atoms with Crippen molar-refractivity contribution in [2.75, 3.05) is 13.1 Å². The highest BCUT2D eigenvalue weighted by molar-refractivity contribution is 5.79. The Labute approximate surface area is 108 Å². The first kappa shape index (κ1) is 13.2. The van der Waals surface area contributed by atoms with Crippen molar-refractivity contribution in [2.45, 2.75) is 32.1 Å². The number of Topliss-reactive ketones (excluding diaryl/α,β-unsaturated/α-hetero) is 1. The monoisotopic (exact) mass is 249 g/mol. The van der Waals surface area contributed by atoms with E-state index in [0.29, 0.717) is 11.7 Å². The smallest absolute Gasteiger partial charge is 0.132 e. The average Bonchev–Trinajstić information content (AvgIpc) is 2.39. The third-order valence-electron chi connectivity index (χ3n) is 3.62. The molecule has 18 heavy (non-hydrogen) atoms. The molecule has 0 amide bonds. The van der Waals surface area contributed by atoms with Gasteiger partial charge >= 0.3 is 0 Å². The lowest BCUT2D eigenvalue weighted by molar-refractivity contribution is -0.120. The van der Waals surface area contributed by atoms with Crippen LogP contribution in [0.2, 0.25) is 0 Å². The van der Waals surface area contributed by atoms with Gasteiger partial charge in [0.2, 0.25) is 0 Å². The summed E-state index contributed by atoms with van der Waals surface area (Å²) in [7, 11) is 0. The van der Waals surface area contributed by atoms with Crippen LogP contribution in [0.15, 0.2) is 24.3 Å². The second-order valence-corrected chi connectivity index (χ2v) is 5.03. The molecule has 2 nitrogen and oxygen atoms in total. The van der Waals surface area contributed by atoms with Crippen LogP contribution in [-0.2, 0) is 11.2 Å². The zero-order chi connectivity index (χ0) is 12.8. The second-order valence-electron chi connectivity index (χ2n) is 5.03. The first-order chi connectivity index (χ1) is 8.75. The highest BCUT2D eigenvalue weighted by Crippen LogP contribution is 2.20. The predicted octanol–water partition coefficient (Wildman–Crippen LogP) is 2.72. The van der Waals surface area contributed by atoms with Crippen molar-refractivity contribution in [1.29, 1.82) is 0 Å². The largest absolute Gasteiger partial charge is 0.316 e. The molecule has 0 saturated heterocycles. The molecule has 0 atom stereocenters. The molecule has 2 rings (SSSR count). The van der Waals surface area contributed by atoms with E-state index in [1.165, 1.54) is 6.07 Å². The maximum Gasteiger partial charge on any atom is 0.132 e. The van der Waals surface area contributed by atoms with Crippen LogP contribution in [0.1, 0.15) is 31.2 Å². The van der Waals surface area contributed by atoms with E-state index >= 15 is 0 Å². The Kier molecular flexibility index (Phi) is 4.88. The number of carbonyl (C=O) groups is 1. The van der Waals surface area contributed by atoms with Gasteiger partial charge in [0, 0.05) is 12.8 Å². The Morgan fingerprint density at radius 2 is 1.94 bits per heavy atom. The third-order valence-corrected chi connectivity index (χ3v) is 3.62. The van der Waals surface area contributed by atoms with E-state index < -0.39 is 0 Å². The van der Waals surface area contributed by atoms with E-state index in [4.69, 9.17) is 0 Å². The molecule has 0 heterocycles. The summed E-state index contributed by atoms with van der Waals surface area (Å²) in [6, 6.07) is 6.91. The Bertz CT molecular complexity index is 395. The van der Waals surface area contributed by atoms with Gasteiger partial charge in [-0.15, -0.1) is 0 Å². The summed E-state index contributed by atoms with van der Waals surface area (Å²) in [5.74, 6) is 0.892. The minimum atomic E-state index is -0.123. The lowest BCUT2D eigenvalue weighted by Gasteiger charge is -2.21. The molecule has 98 valence electrons. The van der Waals surface area contributed by atoms with E-state index in [-0.39, 0.29) is 5.82 Å². The number of hydrogen-bond donors (Lipinski definition) is 1. The van der Waals surface area contributed by atoms with Gasteiger partial charge in [-0.2, -0.15) is 0 Å². The Hall–Kier alpha value is -1.22. The minimum absolute atomic E-state index is 0.123. The van der Waals surface area contributed by atoms with Crippen molar-refractivity contribution in [2.24, 2.45) is 5.92 Å². The van der Waals surface area contributed by atoms with Gasteiger partial charge in [0.25, 0.3) is 0 Å². The predicted molar refractivity (Wildman–Crippen MR) is 69.9 cm³/mol. The van der Waals surface area contributed by atoms with Crippen LogP contribution >= 0.6 is 0 Å². The van der Waals surface area contributed by atoms with Crippen molar-refractivity contribution in [3.63, 3.8) is 0 Å². The van der Waals surface area contributed by atoms with Gasteiger partial charge in [-0.1, -0.05) is 18.2 Å². The van der Waals surface area contributed by atoms with Crippen LogP contribution in [0.3, 0.4) is 0 Å². The van der Waals surface area contributed by atoms with Crippen LogP contribution < -0.4 is 5.32 Å². The first-order valence-corrected chi connectivity index (χ1v) is 6.71. The molecule has 0 radical (unpaired) electrons. The number of carbonyl (C=O) groups excluding carboxylic acids is 1. The fourth-order valence-electron chi connectivity index (χ4n) is 2.43. The number of benzene rings is 1. The molecule has 1 aliphatic rings. The molecule has 3 heteroatoms. The van der Waals surface area contributed by atoms with Crippen molar-refractivity contribution in [1.82, 2.24) is 5.32 Å². The summed E-state index contributed by atoms with van der Waals surface area (Å²) in [5, 5.41) is 3.37. The number of hydrogen-bond acceptors (Lipinski definition) is 2. The summed E-state index contributed by atoms with van der Waals surface area (Å²) in [4.78, 5) is 11.1. The number of rotatable bonds is 5. The lowest BCUT2D eigenvalue weighted by atomic mass is 9.88. The fraction of sp³-hybridized carbons (Fsp3) is 0.533. The maximum atomic E-state index is 13.3. The van der Waals surface area contributed by atoms with Gasteiger partial charge in [-0.05, 0) is 49.9 Å². The summed E-state index contributed by atoms with van der Waals surface area (Å²) >= 11 is 0.